The zero-order valence-electron chi connectivity index (χ0n) is 18.3. The van der Waals surface area contributed by atoms with Crippen LogP contribution in [-0.4, -0.2) is 44.5 Å². The lowest BCUT2D eigenvalue weighted by molar-refractivity contribution is -0.117. The van der Waals surface area contributed by atoms with Crippen LogP contribution >= 0.6 is 11.3 Å². The molecule has 0 aliphatic carbocycles. The smallest absolute Gasteiger partial charge is 0.252 e. The lowest BCUT2D eigenvalue weighted by Crippen LogP contribution is -2.20. The quantitative estimate of drug-likeness (QED) is 0.445. The predicted molar refractivity (Wildman–Crippen MR) is 121 cm³/mol. The molecule has 31 heavy (non-hydrogen) atoms. The number of rotatable bonds is 10. The van der Waals surface area contributed by atoms with Crippen molar-refractivity contribution < 1.29 is 23.7 Å². The van der Waals surface area contributed by atoms with Gasteiger partial charge in [-0.15, -0.1) is 0 Å². The van der Waals surface area contributed by atoms with Gasteiger partial charge in [-0.25, -0.2) is 0 Å². The lowest BCUT2D eigenvalue weighted by Gasteiger charge is -2.08. The first-order chi connectivity index (χ1) is 15.1. The minimum absolute atomic E-state index is 0.171. The van der Waals surface area contributed by atoms with Crippen LogP contribution in [-0.2, 0) is 22.5 Å². The van der Waals surface area contributed by atoms with Gasteiger partial charge in [0.2, 0.25) is 0 Å². The highest BCUT2D eigenvalue weighted by Crippen LogP contribution is 2.28. The van der Waals surface area contributed by atoms with Crippen LogP contribution in [0.4, 0.5) is 0 Å². The van der Waals surface area contributed by atoms with E-state index < -0.39 is 0 Å². The van der Waals surface area contributed by atoms with E-state index in [4.69, 9.17) is 18.9 Å². The summed E-state index contributed by atoms with van der Waals surface area (Å²) in [5, 5.41) is 0. The van der Waals surface area contributed by atoms with Crippen molar-refractivity contribution in [2.24, 2.45) is 4.99 Å². The van der Waals surface area contributed by atoms with Crippen LogP contribution in [0.3, 0.4) is 0 Å². The van der Waals surface area contributed by atoms with Crippen molar-refractivity contribution in [1.29, 1.82) is 0 Å². The van der Waals surface area contributed by atoms with E-state index in [0.29, 0.717) is 42.7 Å². The minimum atomic E-state index is -0.228. The van der Waals surface area contributed by atoms with E-state index in [1.54, 1.807) is 26.4 Å². The number of amides is 1. The molecule has 0 fully saturated rings. The number of benzene rings is 2. The van der Waals surface area contributed by atoms with Crippen molar-refractivity contribution >= 4 is 27.5 Å². The van der Waals surface area contributed by atoms with Gasteiger partial charge in [-0.3, -0.25) is 4.79 Å². The number of aromatic nitrogens is 1. The van der Waals surface area contributed by atoms with Crippen molar-refractivity contribution in [3.05, 3.63) is 46.8 Å². The van der Waals surface area contributed by atoms with Gasteiger partial charge in [0.25, 0.3) is 5.91 Å². The first-order valence-electron chi connectivity index (χ1n) is 10.2. The fourth-order valence-electron chi connectivity index (χ4n) is 3.22. The maximum Gasteiger partial charge on any atom is 0.252 e. The van der Waals surface area contributed by atoms with E-state index in [0.717, 1.165) is 21.5 Å². The summed E-state index contributed by atoms with van der Waals surface area (Å²) in [5.41, 5.74) is 1.82. The molecule has 0 saturated heterocycles. The molecule has 0 N–H and O–H groups in total. The van der Waals surface area contributed by atoms with E-state index in [-0.39, 0.29) is 12.3 Å². The molecule has 1 amide bonds. The second-order valence-electron chi connectivity index (χ2n) is 6.67. The van der Waals surface area contributed by atoms with Crippen LogP contribution in [0.15, 0.2) is 41.4 Å². The van der Waals surface area contributed by atoms with E-state index in [9.17, 15) is 4.79 Å². The Hall–Kier alpha value is -2.84. The molecule has 0 radical (unpaired) electrons. The van der Waals surface area contributed by atoms with Gasteiger partial charge in [0, 0.05) is 13.2 Å². The Balaban J connectivity index is 1.93. The summed E-state index contributed by atoms with van der Waals surface area (Å²) in [6.45, 7) is 6.32. The molecule has 1 heterocycles. The molecule has 2 aromatic carbocycles. The van der Waals surface area contributed by atoms with Crippen molar-refractivity contribution in [1.82, 2.24) is 4.57 Å². The molecule has 166 valence electrons. The molecule has 0 spiro atoms. The predicted octanol–water partition coefficient (Wildman–Crippen LogP) is 3.83. The van der Waals surface area contributed by atoms with Gasteiger partial charge in [-0.1, -0.05) is 17.4 Å². The van der Waals surface area contributed by atoms with Crippen molar-refractivity contribution in [3.63, 3.8) is 0 Å². The largest absolute Gasteiger partial charge is 0.494 e. The number of carbonyl (C=O) groups is 1. The van der Waals surface area contributed by atoms with E-state index in [2.05, 4.69) is 4.99 Å². The SMILES string of the molecule is CCOCCn1c(=NC(=O)Cc2ccc(OC)c(OC)c2)sc2cc(OCC)ccc21. The number of thiazole rings is 1. The molecule has 3 rings (SSSR count). The number of carbonyl (C=O) groups excluding carboxylic acids is 1. The van der Waals surface area contributed by atoms with Crippen molar-refractivity contribution in [2.45, 2.75) is 26.8 Å². The summed E-state index contributed by atoms with van der Waals surface area (Å²) in [5.74, 6) is 1.79. The van der Waals surface area contributed by atoms with Crippen LogP contribution in [0.2, 0.25) is 0 Å². The Kier molecular flexibility index (Phi) is 8.08. The zero-order chi connectivity index (χ0) is 22.2. The third-order valence-electron chi connectivity index (χ3n) is 4.65. The Morgan fingerprint density at radius 2 is 1.84 bits per heavy atom. The number of methoxy groups -OCH3 is 2. The van der Waals surface area contributed by atoms with Crippen LogP contribution in [0.5, 0.6) is 17.2 Å². The van der Waals surface area contributed by atoms with Crippen LogP contribution in [0.25, 0.3) is 10.2 Å². The van der Waals surface area contributed by atoms with Crippen LogP contribution in [0, 0.1) is 0 Å². The minimum Gasteiger partial charge on any atom is -0.494 e. The summed E-state index contributed by atoms with van der Waals surface area (Å²) in [7, 11) is 3.15. The summed E-state index contributed by atoms with van der Waals surface area (Å²) in [6.07, 6.45) is 0.171. The molecule has 0 unspecified atom stereocenters. The van der Waals surface area contributed by atoms with Gasteiger partial charge < -0.3 is 23.5 Å². The van der Waals surface area contributed by atoms with E-state index >= 15 is 0 Å². The second kappa shape index (κ2) is 11.0. The zero-order valence-corrected chi connectivity index (χ0v) is 19.2. The highest BCUT2D eigenvalue weighted by atomic mass is 32.1. The molecule has 0 bridgehead atoms. The summed E-state index contributed by atoms with van der Waals surface area (Å²) in [4.78, 5) is 17.8. The summed E-state index contributed by atoms with van der Waals surface area (Å²) >= 11 is 1.47. The fraction of sp³-hybridized carbons (Fsp3) is 0.391. The number of hydrogen-bond acceptors (Lipinski definition) is 6. The Morgan fingerprint density at radius 1 is 1.03 bits per heavy atom. The van der Waals surface area contributed by atoms with Crippen LogP contribution < -0.4 is 19.0 Å². The maximum absolute atomic E-state index is 12.8. The summed E-state index contributed by atoms with van der Waals surface area (Å²) < 4.78 is 24.8. The molecule has 0 saturated carbocycles. The summed E-state index contributed by atoms with van der Waals surface area (Å²) in [6, 6.07) is 11.4. The van der Waals surface area contributed by atoms with Gasteiger partial charge in [0.15, 0.2) is 16.3 Å². The maximum atomic E-state index is 12.8. The molecule has 0 atom stereocenters. The molecular formula is C23H28N2O5S. The number of hydrogen-bond donors (Lipinski definition) is 0. The molecule has 7 nitrogen and oxygen atoms in total. The fourth-order valence-corrected chi connectivity index (χ4v) is 4.32. The standard InChI is InChI=1S/C23H28N2O5S/c1-5-29-12-11-25-18-9-8-17(30-6-2)15-21(18)31-23(25)24-22(26)14-16-7-10-19(27-3)20(13-16)28-4/h7-10,13,15H,5-6,11-12,14H2,1-4H3. The van der Waals surface area contributed by atoms with Gasteiger partial charge in [0.1, 0.15) is 5.75 Å². The topological polar surface area (TPSA) is 71.3 Å². The monoisotopic (exact) mass is 444 g/mol. The average molecular weight is 445 g/mol. The first-order valence-corrected chi connectivity index (χ1v) is 11.0. The van der Waals surface area contributed by atoms with E-state index in [1.165, 1.54) is 11.3 Å². The van der Waals surface area contributed by atoms with Crippen LogP contribution in [0.1, 0.15) is 19.4 Å². The average Bonchev–Trinajstić information content (AvgIpc) is 3.10. The Bertz CT molecular complexity index is 1100. The second-order valence-corrected chi connectivity index (χ2v) is 7.68. The number of nitrogens with zero attached hydrogens (tertiary/aromatic N) is 2. The van der Waals surface area contributed by atoms with Gasteiger partial charge in [0.05, 0.1) is 44.1 Å². The molecule has 8 heteroatoms. The van der Waals surface area contributed by atoms with Gasteiger partial charge in [-0.2, -0.15) is 4.99 Å². The number of fused-ring (bicyclic) bond motifs is 1. The lowest BCUT2D eigenvalue weighted by atomic mass is 10.1. The molecule has 0 aliphatic rings. The molecular weight excluding hydrogens is 416 g/mol. The highest BCUT2D eigenvalue weighted by molar-refractivity contribution is 7.16. The normalized spacial score (nSPS) is 11.7. The van der Waals surface area contributed by atoms with E-state index in [1.807, 2.05) is 42.7 Å². The molecule has 3 aromatic rings. The molecule has 0 aliphatic heterocycles. The molecule has 1 aromatic heterocycles. The van der Waals surface area contributed by atoms with Gasteiger partial charge in [-0.05, 0) is 49.7 Å². The Morgan fingerprint density at radius 3 is 2.55 bits per heavy atom. The van der Waals surface area contributed by atoms with Crippen molar-refractivity contribution in [2.75, 3.05) is 34.0 Å². The number of ether oxygens (including phenoxy) is 4. The Labute approximate surface area is 185 Å². The third-order valence-corrected chi connectivity index (χ3v) is 5.69. The first kappa shape index (κ1) is 22.8. The van der Waals surface area contributed by atoms with Crippen molar-refractivity contribution in [3.8, 4) is 17.2 Å². The van der Waals surface area contributed by atoms with Gasteiger partial charge >= 0.3 is 0 Å². The third kappa shape index (κ3) is 5.65. The highest BCUT2D eigenvalue weighted by Gasteiger charge is 2.11.